The lowest BCUT2D eigenvalue weighted by Gasteiger charge is -2.06. The molecule has 2 heterocycles. The lowest BCUT2D eigenvalue weighted by molar-refractivity contribution is -0.121. The minimum absolute atomic E-state index is 0.160. The smallest absolute Gasteiger partial charge is 0.263 e. The number of hydrazine groups is 1. The Bertz CT molecular complexity index is 634. The van der Waals surface area contributed by atoms with E-state index < -0.39 is 5.91 Å². The van der Waals surface area contributed by atoms with Gasteiger partial charge in [-0.05, 0) is 18.6 Å². The van der Waals surface area contributed by atoms with E-state index in [9.17, 15) is 9.59 Å². The van der Waals surface area contributed by atoms with E-state index in [2.05, 4.69) is 9.97 Å². The van der Waals surface area contributed by atoms with Crippen molar-refractivity contribution >= 4 is 16.9 Å². The summed E-state index contributed by atoms with van der Waals surface area (Å²) in [7, 11) is 0. The number of amides is 1. The molecule has 0 spiro atoms. The van der Waals surface area contributed by atoms with E-state index in [0.717, 1.165) is 5.56 Å². The number of fused-ring (bicyclic) bond motifs is 1. The molecule has 2 aromatic rings. The van der Waals surface area contributed by atoms with Gasteiger partial charge in [-0.15, -0.1) is 0 Å². The van der Waals surface area contributed by atoms with Crippen molar-refractivity contribution in [1.29, 1.82) is 0 Å². The molecule has 7 heteroatoms. The van der Waals surface area contributed by atoms with Crippen molar-refractivity contribution in [2.45, 2.75) is 13.5 Å². The van der Waals surface area contributed by atoms with Crippen molar-refractivity contribution in [3.63, 3.8) is 0 Å². The summed E-state index contributed by atoms with van der Waals surface area (Å²) in [4.78, 5) is 31.2. The summed E-state index contributed by atoms with van der Waals surface area (Å²) in [6.45, 7) is 1.63. The maximum atomic E-state index is 12.1. The molecular formula is C10H11N5O2. The van der Waals surface area contributed by atoms with Crippen molar-refractivity contribution in [3.05, 3.63) is 34.5 Å². The van der Waals surface area contributed by atoms with Crippen LogP contribution in [0.2, 0.25) is 0 Å². The van der Waals surface area contributed by atoms with Crippen LogP contribution in [0, 0.1) is 6.92 Å². The zero-order chi connectivity index (χ0) is 12.4. The summed E-state index contributed by atoms with van der Waals surface area (Å²) in [6, 6.07) is 1.72. The highest BCUT2D eigenvalue weighted by atomic mass is 16.2. The van der Waals surface area contributed by atoms with Gasteiger partial charge in [-0.25, -0.2) is 15.8 Å². The van der Waals surface area contributed by atoms with Gasteiger partial charge in [0.25, 0.3) is 11.5 Å². The van der Waals surface area contributed by atoms with Crippen molar-refractivity contribution in [3.8, 4) is 0 Å². The number of carbonyl (C=O) groups is 1. The predicted molar refractivity (Wildman–Crippen MR) is 60.9 cm³/mol. The number of hydrogen-bond donors (Lipinski definition) is 2. The Kier molecular flexibility index (Phi) is 2.84. The quantitative estimate of drug-likeness (QED) is 0.397. The number of rotatable bonds is 2. The topological polar surface area (TPSA) is 103 Å². The average Bonchev–Trinajstić information content (AvgIpc) is 2.32. The molecule has 0 radical (unpaired) electrons. The second kappa shape index (κ2) is 4.30. The standard InChI is InChI=1S/C10H11N5O2/c1-6-2-3-12-9-8(6)10(17)15(5-13-9)4-7(16)14-11/h2-3,5H,4,11H2,1H3,(H,14,16). The van der Waals surface area contributed by atoms with Gasteiger partial charge >= 0.3 is 0 Å². The van der Waals surface area contributed by atoms with Crippen LogP contribution in [0.25, 0.3) is 11.0 Å². The summed E-state index contributed by atoms with van der Waals surface area (Å²) >= 11 is 0. The molecule has 7 nitrogen and oxygen atoms in total. The fourth-order valence-corrected chi connectivity index (χ4v) is 1.54. The highest BCUT2D eigenvalue weighted by Gasteiger charge is 2.09. The molecule has 0 aliphatic rings. The molecule has 3 N–H and O–H groups in total. The molecule has 1 amide bonds. The first-order valence-corrected chi connectivity index (χ1v) is 4.93. The molecule has 88 valence electrons. The first-order chi connectivity index (χ1) is 8.13. The van der Waals surface area contributed by atoms with E-state index >= 15 is 0 Å². The van der Waals surface area contributed by atoms with Crippen LogP contribution in [0.5, 0.6) is 0 Å². The lowest BCUT2D eigenvalue weighted by Crippen LogP contribution is -2.36. The molecule has 0 atom stereocenters. The number of carbonyl (C=O) groups excluding carboxylic acids is 1. The highest BCUT2D eigenvalue weighted by Crippen LogP contribution is 2.07. The van der Waals surface area contributed by atoms with E-state index in [1.807, 2.05) is 5.43 Å². The van der Waals surface area contributed by atoms with Gasteiger partial charge in [0, 0.05) is 6.20 Å². The molecule has 0 aliphatic heterocycles. The summed E-state index contributed by atoms with van der Waals surface area (Å²) in [6.07, 6.45) is 2.87. The molecule has 17 heavy (non-hydrogen) atoms. The van der Waals surface area contributed by atoms with E-state index in [1.165, 1.54) is 10.9 Å². The van der Waals surface area contributed by atoms with Gasteiger partial charge in [0.05, 0.1) is 5.39 Å². The summed E-state index contributed by atoms with van der Waals surface area (Å²) in [5.74, 6) is 4.50. The van der Waals surface area contributed by atoms with Crippen LogP contribution in [-0.4, -0.2) is 20.4 Å². The summed E-state index contributed by atoms with van der Waals surface area (Å²) < 4.78 is 1.19. The van der Waals surface area contributed by atoms with E-state index in [0.29, 0.717) is 11.0 Å². The number of nitrogens with zero attached hydrogens (tertiary/aromatic N) is 3. The molecular weight excluding hydrogens is 222 g/mol. The first kappa shape index (κ1) is 11.2. The predicted octanol–water partition coefficient (Wildman–Crippen LogP) is -0.910. The van der Waals surface area contributed by atoms with Gasteiger partial charge in [-0.2, -0.15) is 0 Å². The van der Waals surface area contributed by atoms with Crippen molar-refractivity contribution < 1.29 is 4.79 Å². The molecule has 2 rings (SSSR count). The van der Waals surface area contributed by atoms with Gasteiger partial charge in [-0.3, -0.25) is 19.6 Å². The molecule has 0 saturated heterocycles. The minimum atomic E-state index is -0.463. The van der Waals surface area contributed by atoms with E-state index in [4.69, 9.17) is 5.84 Å². The number of aryl methyl sites for hydroxylation is 1. The third kappa shape index (κ3) is 2.00. The zero-order valence-electron chi connectivity index (χ0n) is 9.17. The Hall–Kier alpha value is -2.28. The lowest BCUT2D eigenvalue weighted by atomic mass is 10.2. The Labute approximate surface area is 96.3 Å². The van der Waals surface area contributed by atoms with Crippen LogP contribution in [0.1, 0.15) is 5.56 Å². The molecule has 0 aromatic carbocycles. The fraction of sp³-hybridized carbons (Fsp3) is 0.200. The Morgan fingerprint density at radius 3 is 3.00 bits per heavy atom. The molecule has 2 aromatic heterocycles. The molecule has 0 saturated carbocycles. The zero-order valence-corrected chi connectivity index (χ0v) is 9.17. The van der Waals surface area contributed by atoms with Gasteiger partial charge in [0.1, 0.15) is 12.9 Å². The van der Waals surface area contributed by atoms with Crippen molar-refractivity contribution in [1.82, 2.24) is 20.0 Å². The Balaban J connectivity index is 2.61. The monoisotopic (exact) mass is 233 g/mol. The summed E-state index contributed by atoms with van der Waals surface area (Å²) in [5.41, 5.74) is 2.81. The normalized spacial score (nSPS) is 10.5. The second-order valence-electron chi connectivity index (χ2n) is 3.57. The van der Waals surface area contributed by atoms with Gasteiger partial charge in [0.15, 0.2) is 5.65 Å². The van der Waals surface area contributed by atoms with Crippen LogP contribution in [0.15, 0.2) is 23.4 Å². The molecule has 0 bridgehead atoms. The first-order valence-electron chi connectivity index (χ1n) is 4.93. The van der Waals surface area contributed by atoms with Crippen LogP contribution >= 0.6 is 0 Å². The number of nitrogens with one attached hydrogen (secondary N) is 1. The van der Waals surface area contributed by atoms with E-state index in [1.54, 1.807) is 19.2 Å². The van der Waals surface area contributed by atoms with Crippen LogP contribution in [-0.2, 0) is 11.3 Å². The summed E-state index contributed by atoms with van der Waals surface area (Å²) in [5, 5.41) is 0.417. The maximum Gasteiger partial charge on any atom is 0.263 e. The Morgan fingerprint density at radius 1 is 1.53 bits per heavy atom. The number of nitrogens with two attached hydrogens (primary N) is 1. The number of pyridine rings is 1. The number of aromatic nitrogens is 3. The SMILES string of the molecule is Cc1ccnc2ncn(CC(=O)NN)c(=O)c12. The number of hydrogen-bond acceptors (Lipinski definition) is 5. The minimum Gasteiger partial charge on any atom is -0.293 e. The van der Waals surface area contributed by atoms with Gasteiger partial charge in [0.2, 0.25) is 0 Å². The Morgan fingerprint density at radius 2 is 2.29 bits per heavy atom. The van der Waals surface area contributed by atoms with Crippen LogP contribution in [0.3, 0.4) is 0 Å². The molecule has 0 unspecified atom stereocenters. The average molecular weight is 233 g/mol. The molecule has 0 fully saturated rings. The molecule has 0 aliphatic carbocycles. The van der Waals surface area contributed by atoms with Crippen LogP contribution < -0.4 is 16.8 Å². The third-order valence-corrected chi connectivity index (χ3v) is 2.41. The van der Waals surface area contributed by atoms with Gasteiger partial charge < -0.3 is 0 Å². The van der Waals surface area contributed by atoms with Crippen LogP contribution in [0.4, 0.5) is 0 Å². The third-order valence-electron chi connectivity index (χ3n) is 2.41. The second-order valence-corrected chi connectivity index (χ2v) is 3.57. The maximum absolute atomic E-state index is 12.1. The van der Waals surface area contributed by atoms with Gasteiger partial charge in [-0.1, -0.05) is 0 Å². The largest absolute Gasteiger partial charge is 0.293 e. The van der Waals surface area contributed by atoms with E-state index in [-0.39, 0.29) is 12.1 Å². The van der Waals surface area contributed by atoms with Crippen molar-refractivity contribution in [2.75, 3.05) is 0 Å². The fourth-order valence-electron chi connectivity index (χ4n) is 1.54. The highest BCUT2D eigenvalue weighted by molar-refractivity contribution is 5.78. The van der Waals surface area contributed by atoms with Crippen molar-refractivity contribution in [2.24, 2.45) is 5.84 Å².